The molecule has 0 bridgehead atoms. The van der Waals surface area contributed by atoms with Crippen LogP contribution in [0, 0.1) is 5.82 Å². The summed E-state index contributed by atoms with van der Waals surface area (Å²) in [6.07, 6.45) is 7.57. The molecule has 6 nitrogen and oxygen atoms in total. The van der Waals surface area contributed by atoms with E-state index >= 15 is 0 Å². The smallest absolute Gasteiger partial charge is 0.276 e. The van der Waals surface area contributed by atoms with Gasteiger partial charge in [0.2, 0.25) is 0 Å². The number of nitrogens with zero attached hydrogens (tertiary/aromatic N) is 5. The Bertz CT molecular complexity index is 848. The first-order valence-electron chi connectivity index (χ1n) is 8.31. The molecule has 0 unspecified atom stereocenters. The van der Waals surface area contributed by atoms with Crippen molar-refractivity contribution in [1.29, 1.82) is 0 Å². The van der Waals surface area contributed by atoms with Crippen molar-refractivity contribution in [2.24, 2.45) is 0 Å². The maximum atomic E-state index is 13.0. The summed E-state index contributed by atoms with van der Waals surface area (Å²) in [5.41, 5.74) is 0.975. The molecule has 7 heteroatoms. The third-order valence-electron chi connectivity index (χ3n) is 4.60. The van der Waals surface area contributed by atoms with Crippen LogP contribution in [0.25, 0.3) is 5.69 Å². The average Bonchev–Trinajstić information content (AvgIpc) is 3.34. The van der Waals surface area contributed by atoms with Crippen molar-refractivity contribution in [3.63, 3.8) is 0 Å². The molecule has 1 amide bonds. The van der Waals surface area contributed by atoms with Gasteiger partial charge in [-0.3, -0.25) is 4.79 Å². The summed E-state index contributed by atoms with van der Waals surface area (Å²) in [5, 5.41) is 7.96. The van der Waals surface area contributed by atoms with E-state index in [1.807, 2.05) is 17.0 Å². The number of benzene rings is 1. The zero-order valence-corrected chi connectivity index (χ0v) is 13.6. The monoisotopic (exact) mass is 339 g/mol. The number of likely N-dealkylation sites (tertiary alicyclic amines) is 1. The van der Waals surface area contributed by atoms with Crippen LogP contribution >= 0.6 is 0 Å². The standard InChI is InChI=1S/C18H18FN5O/c19-14-3-5-16(6-4-14)24-13-17(20-21-24)18(25)23-11-7-15(8-12-23)22-9-1-2-10-22/h1-6,9-10,13,15H,7-8,11-12H2. The Labute approximate surface area is 144 Å². The van der Waals surface area contributed by atoms with E-state index in [2.05, 4.69) is 27.3 Å². The maximum Gasteiger partial charge on any atom is 0.276 e. The topological polar surface area (TPSA) is 56.0 Å². The van der Waals surface area contributed by atoms with Crippen LogP contribution in [-0.2, 0) is 0 Å². The van der Waals surface area contributed by atoms with E-state index in [1.54, 1.807) is 18.3 Å². The van der Waals surface area contributed by atoms with E-state index in [0.29, 0.717) is 30.5 Å². The number of amides is 1. The highest BCUT2D eigenvalue weighted by Gasteiger charge is 2.25. The highest BCUT2D eigenvalue weighted by Crippen LogP contribution is 2.23. The van der Waals surface area contributed by atoms with E-state index in [-0.39, 0.29) is 11.7 Å². The largest absolute Gasteiger partial charge is 0.351 e. The van der Waals surface area contributed by atoms with Crippen molar-refractivity contribution >= 4 is 5.91 Å². The van der Waals surface area contributed by atoms with Gasteiger partial charge in [0, 0.05) is 31.5 Å². The van der Waals surface area contributed by atoms with Gasteiger partial charge < -0.3 is 9.47 Å². The van der Waals surface area contributed by atoms with Gasteiger partial charge in [0.05, 0.1) is 11.9 Å². The normalized spacial score (nSPS) is 15.5. The van der Waals surface area contributed by atoms with Crippen molar-refractivity contribution in [2.45, 2.75) is 18.9 Å². The minimum absolute atomic E-state index is 0.112. The number of hydrogen-bond acceptors (Lipinski definition) is 3. The highest BCUT2D eigenvalue weighted by atomic mass is 19.1. The van der Waals surface area contributed by atoms with Gasteiger partial charge in [-0.2, -0.15) is 0 Å². The van der Waals surface area contributed by atoms with E-state index in [0.717, 1.165) is 12.8 Å². The first kappa shape index (κ1) is 15.6. The minimum Gasteiger partial charge on any atom is -0.351 e. The number of halogens is 1. The van der Waals surface area contributed by atoms with Gasteiger partial charge in [0.1, 0.15) is 5.82 Å². The van der Waals surface area contributed by atoms with E-state index in [4.69, 9.17) is 0 Å². The SMILES string of the molecule is O=C(c1cn(-c2ccc(F)cc2)nn1)N1CCC(n2cccc2)CC1. The molecule has 1 aliphatic heterocycles. The molecule has 0 N–H and O–H groups in total. The van der Waals surface area contributed by atoms with Crippen LogP contribution in [0.5, 0.6) is 0 Å². The van der Waals surface area contributed by atoms with Gasteiger partial charge in [-0.05, 0) is 49.2 Å². The molecule has 1 aromatic carbocycles. The summed E-state index contributed by atoms with van der Waals surface area (Å²) in [7, 11) is 0. The second-order valence-corrected chi connectivity index (χ2v) is 6.18. The van der Waals surface area contributed by atoms with Crippen molar-refractivity contribution in [3.8, 4) is 5.69 Å². The molecule has 0 atom stereocenters. The molecule has 1 aliphatic rings. The Morgan fingerprint density at radius 2 is 1.76 bits per heavy atom. The molecular weight excluding hydrogens is 321 g/mol. The average molecular weight is 339 g/mol. The predicted octanol–water partition coefficient (Wildman–Crippen LogP) is 2.69. The zero-order valence-electron chi connectivity index (χ0n) is 13.6. The first-order chi connectivity index (χ1) is 12.2. The van der Waals surface area contributed by atoms with Crippen LogP contribution in [0.4, 0.5) is 4.39 Å². The second-order valence-electron chi connectivity index (χ2n) is 6.18. The molecule has 0 radical (unpaired) electrons. The molecule has 1 saturated heterocycles. The Balaban J connectivity index is 1.43. The van der Waals surface area contributed by atoms with Gasteiger partial charge >= 0.3 is 0 Å². The molecule has 0 spiro atoms. The fraction of sp³-hybridized carbons (Fsp3) is 0.278. The van der Waals surface area contributed by atoms with Gasteiger partial charge in [-0.15, -0.1) is 5.10 Å². The number of carbonyl (C=O) groups is 1. The fourth-order valence-corrected chi connectivity index (χ4v) is 3.20. The van der Waals surface area contributed by atoms with Crippen LogP contribution in [0.15, 0.2) is 55.0 Å². The molecule has 0 aliphatic carbocycles. The van der Waals surface area contributed by atoms with Gasteiger partial charge in [0.15, 0.2) is 5.69 Å². The van der Waals surface area contributed by atoms with Crippen molar-refractivity contribution in [2.75, 3.05) is 13.1 Å². The van der Waals surface area contributed by atoms with Crippen LogP contribution in [-0.4, -0.2) is 43.5 Å². The Kier molecular flexibility index (Phi) is 4.05. The summed E-state index contributed by atoms with van der Waals surface area (Å²) in [5.74, 6) is -0.426. The molecule has 128 valence electrons. The summed E-state index contributed by atoms with van der Waals surface area (Å²) in [6.45, 7) is 1.40. The second kappa shape index (κ2) is 6.51. The molecular formula is C18H18FN5O. The van der Waals surface area contributed by atoms with Crippen LogP contribution in [0.1, 0.15) is 29.4 Å². The zero-order chi connectivity index (χ0) is 17.2. The molecule has 3 heterocycles. The van der Waals surface area contributed by atoms with Crippen molar-refractivity contribution in [3.05, 3.63) is 66.5 Å². The van der Waals surface area contributed by atoms with Crippen LogP contribution < -0.4 is 0 Å². The van der Waals surface area contributed by atoms with Crippen LogP contribution in [0.3, 0.4) is 0 Å². The molecule has 1 fully saturated rings. The van der Waals surface area contributed by atoms with Gasteiger partial charge in [-0.1, -0.05) is 5.21 Å². The lowest BCUT2D eigenvalue weighted by atomic mass is 10.0. The lowest BCUT2D eigenvalue weighted by Crippen LogP contribution is -2.39. The van der Waals surface area contributed by atoms with Crippen LogP contribution in [0.2, 0.25) is 0 Å². The Hall–Kier alpha value is -2.96. The first-order valence-corrected chi connectivity index (χ1v) is 8.31. The number of hydrogen-bond donors (Lipinski definition) is 0. The molecule has 25 heavy (non-hydrogen) atoms. The maximum absolute atomic E-state index is 13.0. The van der Waals surface area contributed by atoms with Gasteiger partial charge in [0.25, 0.3) is 5.91 Å². The lowest BCUT2D eigenvalue weighted by Gasteiger charge is -2.32. The number of rotatable bonds is 3. The number of aromatic nitrogens is 4. The predicted molar refractivity (Wildman–Crippen MR) is 89.9 cm³/mol. The Morgan fingerprint density at radius 1 is 1.08 bits per heavy atom. The van der Waals surface area contributed by atoms with E-state index in [9.17, 15) is 9.18 Å². The number of piperidine rings is 1. The summed E-state index contributed by atoms with van der Waals surface area (Å²) < 4.78 is 16.7. The third-order valence-corrected chi connectivity index (χ3v) is 4.60. The lowest BCUT2D eigenvalue weighted by molar-refractivity contribution is 0.0688. The van der Waals surface area contributed by atoms with Crippen molar-refractivity contribution in [1.82, 2.24) is 24.5 Å². The molecule has 2 aromatic heterocycles. The molecule has 3 aromatic rings. The molecule has 0 saturated carbocycles. The molecule has 4 rings (SSSR count). The fourth-order valence-electron chi connectivity index (χ4n) is 3.20. The Morgan fingerprint density at radius 3 is 2.44 bits per heavy atom. The summed E-state index contributed by atoms with van der Waals surface area (Å²) in [6, 6.07) is 10.4. The quantitative estimate of drug-likeness (QED) is 0.737. The number of carbonyl (C=O) groups excluding carboxylic acids is 1. The van der Waals surface area contributed by atoms with Gasteiger partial charge in [-0.25, -0.2) is 9.07 Å². The van der Waals surface area contributed by atoms with Crippen molar-refractivity contribution < 1.29 is 9.18 Å². The van der Waals surface area contributed by atoms with E-state index in [1.165, 1.54) is 16.8 Å². The van der Waals surface area contributed by atoms with E-state index < -0.39 is 0 Å². The summed E-state index contributed by atoms with van der Waals surface area (Å²) in [4.78, 5) is 14.5. The highest BCUT2D eigenvalue weighted by molar-refractivity contribution is 5.92. The summed E-state index contributed by atoms with van der Waals surface area (Å²) >= 11 is 0. The minimum atomic E-state index is -0.314. The third kappa shape index (κ3) is 3.17.